The maximum absolute atomic E-state index is 12.2. The summed E-state index contributed by atoms with van der Waals surface area (Å²) in [5, 5.41) is 19.9. The lowest BCUT2D eigenvalue weighted by Crippen LogP contribution is -2.63. The monoisotopic (exact) mass is 335 g/mol. The molecular weight excluding hydrogens is 318 g/mol. The van der Waals surface area contributed by atoms with E-state index in [0.29, 0.717) is 16.5 Å². The minimum absolute atomic E-state index is 0.0489. The topological polar surface area (TPSA) is 104 Å². The second kappa shape index (κ2) is 5.93. The van der Waals surface area contributed by atoms with Gasteiger partial charge in [0.2, 0.25) is 5.91 Å². The Morgan fingerprint density at radius 1 is 1.43 bits per heavy atom. The number of carbonyl (C=O) groups is 2. The van der Waals surface area contributed by atoms with E-state index in [9.17, 15) is 19.8 Å². The van der Waals surface area contributed by atoms with Crippen molar-refractivity contribution < 1.29 is 19.8 Å². The average Bonchev–Trinajstić information content (AvgIpc) is 2.75. The van der Waals surface area contributed by atoms with E-state index in [0.717, 1.165) is 0 Å². The Morgan fingerprint density at radius 2 is 2.09 bits per heavy atom. The van der Waals surface area contributed by atoms with E-state index in [2.05, 4.69) is 9.97 Å². The third-order valence-electron chi connectivity index (χ3n) is 4.42. The van der Waals surface area contributed by atoms with Gasteiger partial charge in [-0.15, -0.1) is 0 Å². The number of aliphatic hydroxyl groups is 1. The zero-order valence-corrected chi connectivity index (χ0v) is 13.5. The van der Waals surface area contributed by atoms with Crippen molar-refractivity contribution in [3.8, 4) is 0 Å². The maximum atomic E-state index is 12.2. The smallest absolute Gasteiger partial charge is 0.352 e. The second-order valence-corrected chi connectivity index (χ2v) is 6.70. The molecule has 0 bridgehead atoms. The molecule has 1 saturated heterocycles. The van der Waals surface area contributed by atoms with E-state index in [4.69, 9.17) is 0 Å². The van der Waals surface area contributed by atoms with Gasteiger partial charge in [-0.3, -0.25) is 4.79 Å². The van der Waals surface area contributed by atoms with Crippen molar-refractivity contribution in [3.05, 3.63) is 29.7 Å². The minimum Gasteiger partial charge on any atom is -0.477 e. The third-order valence-corrected chi connectivity index (χ3v) is 5.34. The Balaban J connectivity index is 1.86. The van der Waals surface area contributed by atoms with Crippen LogP contribution in [0, 0.1) is 11.8 Å². The van der Waals surface area contributed by atoms with Crippen molar-refractivity contribution in [3.63, 3.8) is 0 Å². The summed E-state index contributed by atoms with van der Waals surface area (Å²) in [5.74, 6) is -1.67. The number of aliphatic carboxylic acids is 1. The molecule has 3 rings (SSSR count). The molecule has 0 aliphatic carbocycles. The van der Waals surface area contributed by atoms with Gasteiger partial charge in [0.05, 0.1) is 18.1 Å². The summed E-state index contributed by atoms with van der Waals surface area (Å²) in [6.45, 7) is 3.47. The van der Waals surface area contributed by atoms with Gasteiger partial charge in [-0.1, -0.05) is 18.7 Å². The van der Waals surface area contributed by atoms with Crippen LogP contribution in [-0.4, -0.2) is 54.9 Å². The van der Waals surface area contributed by atoms with Crippen molar-refractivity contribution >= 4 is 23.6 Å². The molecule has 7 nitrogen and oxygen atoms in total. The third kappa shape index (κ3) is 2.51. The van der Waals surface area contributed by atoms with Crippen LogP contribution in [0.4, 0.5) is 0 Å². The molecule has 1 aromatic rings. The Morgan fingerprint density at radius 3 is 2.65 bits per heavy atom. The lowest BCUT2D eigenvalue weighted by molar-refractivity contribution is -0.163. The second-order valence-electron chi connectivity index (χ2n) is 5.75. The van der Waals surface area contributed by atoms with Crippen LogP contribution in [0.25, 0.3) is 0 Å². The van der Waals surface area contributed by atoms with Gasteiger partial charge in [0.1, 0.15) is 5.70 Å². The fourth-order valence-corrected chi connectivity index (χ4v) is 4.29. The number of amides is 1. The standard InChI is InChI=1S/C15H17N3O4S/c1-7-9(6-23-15-16-4-3-5-17-15)12(14(21)22)18-11(7)10(8(2)19)13(18)20/h3-5,7-8,10-11,19H,6H2,1-2H3,(H,21,22)/t7-,8+,10+,11+/m0/s1. The molecule has 0 aromatic carbocycles. The van der Waals surface area contributed by atoms with Crippen LogP contribution >= 0.6 is 11.8 Å². The number of carbonyl (C=O) groups excluding carboxylic acids is 1. The highest BCUT2D eigenvalue weighted by Crippen LogP contribution is 2.48. The number of nitrogens with zero attached hydrogens (tertiary/aromatic N) is 3. The molecule has 4 atom stereocenters. The Bertz CT molecular complexity index is 677. The Hall–Kier alpha value is -1.93. The SMILES string of the molecule is C[C@@H](O)[C@H]1C(=O)N2C(C(=O)O)=C(CSc3ncccn3)[C@H](C)[C@H]12. The molecule has 8 heteroatoms. The van der Waals surface area contributed by atoms with Crippen LogP contribution in [0.5, 0.6) is 0 Å². The molecule has 3 heterocycles. The van der Waals surface area contributed by atoms with Crippen LogP contribution < -0.4 is 0 Å². The van der Waals surface area contributed by atoms with Crippen LogP contribution in [0.1, 0.15) is 13.8 Å². The van der Waals surface area contributed by atoms with Crippen molar-refractivity contribution in [1.82, 2.24) is 14.9 Å². The summed E-state index contributed by atoms with van der Waals surface area (Å²) in [6, 6.07) is 1.43. The van der Waals surface area contributed by atoms with Crippen LogP contribution in [-0.2, 0) is 9.59 Å². The first kappa shape index (κ1) is 15.9. The van der Waals surface area contributed by atoms with Gasteiger partial charge in [-0.2, -0.15) is 0 Å². The largest absolute Gasteiger partial charge is 0.477 e. The maximum Gasteiger partial charge on any atom is 0.352 e. The van der Waals surface area contributed by atoms with E-state index < -0.39 is 18.0 Å². The first-order chi connectivity index (χ1) is 10.9. The number of hydrogen-bond donors (Lipinski definition) is 2. The molecule has 0 unspecified atom stereocenters. The number of aromatic nitrogens is 2. The van der Waals surface area contributed by atoms with E-state index in [-0.39, 0.29) is 23.6 Å². The zero-order chi connectivity index (χ0) is 16.7. The molecule has 1 fully saturated rings. The molecule has 2 aliphatic rings. The Kier molecular flexibility index (Phi) is 4.11. The number of carboxylic acid groups (broad SMARTS) is 1. The predicted molar refractivity (Wildman–Crippen MR) is 82.4 cm³/mol. The molecule has 1 aromatic heterocycles. The van der Waals surface area contributed by atoms with Crippen molar-refractivity contribution in [2.75, 3.05) is 5.75 Å². The predicted octanol–water partition coefficient (Wildman–Crippen LogP) is 0.765. The van der Waals surface area contributed by atoms with Crippen molar-refractivity contribution in [2.24, 2.45) is 11.8 Å². The highest BCUT2D eigenvalue weighted by Gasteiger charge is 2.59. The molecule has 0 saturated carbocycles. The number of carboxylic acids is 1. The van der Waals surface area contributed by atoms with E-state index in [1.165, 1.54) is 16.7 Å². The first-order valence-corrected chi connectivity index (χ1v) is 8.29. The first-order valence-electron chi connectivity index (χ1n) is 7.30. The lowest BCUT2D eigenvalue weighted by atomic mass is 9.78. The summed E-state index contributed by atoms with van der Waals surface area (Å²) in [4.78, 5) is 33.4. The zero-order valence-electron chi connectivity index (χ0n) is 12.7. The number of aliphatic hydroxyl groups excluding tert-OH is 1. The van der Waals surface area contributed by atoms with Gasteiger partial charge >= 0.3 is 5.97 Å². The van der Waals surface area contributed by atoms with Crippen molar-refractivity contribution in [1.29, 1.82) is 0 Å². The quantitative estimate of drug-likeness (QED) is 0.465. The van der Waals surface area contributed by atoms with Crippen LogP contribution in [0.3, 0.4) is 0 Å². The number of thioether (sulfide) groups is 1. The minimum atomic E-state index is -1.11. The van der Waals surface area contributed by atoms with Gasteiger partial charge in [-0.25, -0.2) is 14.8 Å². The number of β-lactam (4-membered cyclic amide) rings is 1. The van der Waals surface area contributed by atoms with Gasteiger partial charge < -0.3 is 15.1 Å². The summed E-state index contributed by atoms with van der Waals surface area (Å²) < 4.78 is 0. The van der Waals surface area contributed by atoms with Gasteiger partial charge in [-0.05, 0) is 18.6 Å². The fraction of sp³-hybridized carbons (Fsp3) is 0.467. The molecule has 122 valence electrons. The molecular formula is C15H17N3O4S. The normalized spacial score (nSPS) is 27.7. The lowest BCUT2D eigenvalue weighted by Gasteiger charge is -2.46. The Labute approximate surface area is 137 Å². The average molecular weight is 335 g/mol. The number of hydrogen-bond acceptors (Lipinski definition) is 6. The van der Waals surface area contributed by atoms with E-state index in [1.807, 2.05) is 6.92 Å². The van der Waals surface area contributed by atoms with E-state index >= 15 is 0 Å². The summed E-state index contributed by atoms with van der Waals surface area (Å²) >= 11 is 1.34. The van der Waals surface area contributed by atoms with Crippen LogP contribution in [0.15, 0.2) is 34.9 Å². The van der Waals surface area contributed by atoms with Gasteiger partial charge in [0.15, 0.2) is 5.16 Å². The van der Waals surface area contributed by atoms with Gasteiger partial charge in [0.25, 0.3) is 0 Å². The highest BCUT2D eigenvalue weighted by atomic mass is 32.2. The molecule has 2 aliphatic heterocycles. The molecule has 0 radical (unpaired) electrons. The van der Waals surface area contributed by atoms with Crippen molar-refractivity contribution in [2.45, 2.75) is 31.1 Å². The van der Waals surface area contributed by atoms with Crippen LogP contribution in [0.2, 0.25) is 0 Å². The summed E-state index contributed by atoms with van der Waals surface area (Å²) in [7, 11) is 0. The molecule has 23 heavy (non-hydrogen) atoms. The van der Waals surface area contributed by atoms with Gasteiger partial charge in [0, 0.05) is 24.1 Å². The highest BCUT2D eigenvalue weighted by molar-refractivity contribution is 7.99. The molecule has 0 spiro atoms. The summed E-state index contributed by atoms with van der Waals surface area (Å²) in [6.07, 6.45) is 2.46. The number of fused-ring (bicyclic) bond motifs is 1. The molecule has 1 amide bonds. The van der Waals surface area contributed by atoms with E-state index in [1.54, 1.807) is 25.4 Å². The summed E-state index contributed by atoms with van der Waals surface area (Å²) in [5.41, 5.74) is 0.740. The number of rotatable bonds is 5. The molecule has 2 N–H and O–H groups in total. The fourth-order valence-electron chi connectivity index (χ4n) is 3.34.